The average Bonchev–Trinajstić information content (AvgIpc) is 2.33. The van der Waals surface area contributed by atoms with Crippen LogP contribution in [0.15, 0.2) is 18.2 Å². The lowest BCUT2D eigenvalue weighted by Crippen LogP contribution is -2.41. The summed E-state index contributed by atoms with van der Waals surface area (Å²) in [5, 5.41) is 11.1. The number of nitrogens with one attached hydrogen (secondary N) is 1. The molecule has 1 unspecified atom stereocenters. The van der Waals surface area contributed by atoms with Crippen molar-refractivity contribution in [3.8, 4) is 0 Å². The zero-order valence-electron chi connectivity index (χ0n) is 10.5. The number of carbonyl (C=O) groups excluding carboxylic acids is 1. The van der Waals surface area contributed by atoms with E-state index in [0.29, 0.717) is 6.42 Å². The van der Waals surface area contributed by atoms with Gasteiger partial charge in [-0.2, -0.15) is 0 Å². The Labute approximate surface area is 109 Å². The highest BCUT2D eigenvalue weighted by molar-refractivity contribution is 5.97. The summed E-state index contributed by atoms with van der Waals surface area (Å²) in [6.45, 7) is 1.87. The van der Waals surface area contributed by atoms with Crippen molar-refractivity contribution in [2.75, 3.05) is 0 Å². The molecule has 1 aromatic carbocycles. The highest BCUT2D eigenvalue weighted by Crippen LogP contribution is 2.12. The summed E-state index contributed by atoms with van der Waals surface area (Å²) in [6, 6.07) is 1.87. The summed E-state index contributed by atoms with van der Waals surface area (Å²) in [5.41, 5.74) is -0.759. The molecule has 0 saturated carbocycles. The van der Waals surface area contributed by atoms with Gasteiger partial charge in [0.05, 0.1) is 0 Å². The van der Waals surface area contributed by atoms with Gasteiger partial charge in [-0.15, -0.1) is 0 Å². The van der Waals surface area contributed by atoms with Crippen molar-refractivity contribution in [3.63, 3.8) is 0 Å². The molecule has 0 aliphatic carbocycles. The molecule has 1 atom stereocenters. The second kappa shape index (κ2) is 6.82. The van der Waals surface area contributed by atoms with Crippen LogP contribution >= 0.6 is 0 Å². The smallest absolute Gasteiger partial charge is 0.326 e. The predicted octanol–water partition coefficient (Wildman–Crippen LogP) is 2.34. The molecule has 4 nitrogen and oxygen atoms in total. The van der Waals surface area contributed by atoms with E-state index in [2.05, 4.69) is 5.32 Å². The Balaban J connectivity index is 2.85. The van der Waals surface area contributed by atoms with Gasteiger partial charge in [0.15, 0.2) is 0 Å². The van der Waals surface area contributed by atoms with Crippen LogP contribution in [0.1, 0.15) is 36.5 Å². The summed E-state index contributed by atoms with van der Waals surface area (Å²) >= 11 is 0. The Hall–Kier alpha value is -1.98. The molecule has 0 radical (unpaired) electrons. The van der Waals surface area contributed by atoms with Crippen molar-refractivity contribution in [2.45, 2.75) is 32.2 Å². The maximum Gasteiger partial charge on any atom is 0.326 e. The van der Waals surface area contributed by atoms with E-state index >= 15 is 0 Å². The van der Waals surface area contributed by atoms with Crippen molar-refractivity contribution in [2.24, 2.45) is 0 Å². The molecule has 0 aliphatic heterocycles. The second-order valence-corrected chi connectivity index (χ2v) is 4.10. The number of hydrogen-bond donors (Lipinski definition) is 2. The Morgan fingerprint density at radius 2 is 1.89 bits per heavy atom. The molecule has 19 heavy (non-hydrogen) atoms. The van der Waals surface area contributed by atoms with Gasteiger partial charge in [0.25, 0.3) is 5.91 Å². The Morgan fingerprint density at radius 1 is 1.32 bits per heavy atom. The van der Waals surface area contributed by atoms with Crippen molar-refractivity contribution in [1.29, 1.82) is 0 Å². The third kappa shape index (κ3) is 4.01. The first-order valence-electron chi connectivity index (χ1n) is 5.95. The monoisotopic (exact) mass is 271 g/mol. The van der Waals surface area contributed by atoms with Crippen LogP contribution in [-0.2, 0) is 4.79 Å². The van der Waals surface area contributed by atoms with Crippen molar-refractivity contribution >= 4 is 11.9 Å². The fourth-order valence-electron chi connectivity index (χ4n) is 1.61. The first-order valence-corrected chi connectivity index (χ1v) is 5.95. The van der Waals surface area contributed by atoms with Gasteiger partial charge in [-0.1, -0.05) is 25.8 Å². The largest absolute Gasteiger partial charge is 0.480 e. The molecular formula is C13H15F2NO3. The maximum atomic E-state index is 13.4. The number of rotatable bonds is 6. The molecule has 0 saturated heterocycles. The van der Waals surface area contributed by atoms with Gasteiger partial charge in [-0.05, 0) is 18.6 Å². The number of carbonyl (C=O) groups is 2. The van der Waals surface area contributed by atoms with Crippen LogP contribution in [0.5, 0.6) is 0 Å². The van der Waals surface area contributed by atoms with E-state index in [-0.39, 0.29) is 6.42 Å². The summed E-state index contributed by atoms with van der Waals surface area (Å²) in [4.78, 5) is 22.6. The summed E-state index contributed by atoms with van der Waals surface area (Å²) < 4.78 is 26.7. The van der Waals surface area contributed by atoms with Gasteiger partial charge in [0.2, 0.25) is 0 Å². The van der Waals surface area contributed by atoms with E-state index in [1.807, 2.05) is 6.92 Å². The number of carboxylic acid groups (broad SMARTS) is 1. The van der Waals surface area contributed by atoms with Crippen molar-refractivity contribution in [3.05, 3.63) is 35.4 Å². The second-order valence-electron chi connectivity index (χ2n) is 4.10. The minimum absolute atomic E-state index is 0.216. The molecule has 1 amide bonds. The van der Waals surface area contributed by atoms with E-state index in [9.17, 15) is 18.4 Å². The number of halogens is 2. The molecule has 104 valence electrons. The minimum Gasteiger partial charge on any atom is -0.480 e. The van der Waals surface area contributed by atoms with Gasteiger partial charge in [0, 0.05) is 0 Å². The van der Waals surface area contributed by atoms with Gasteiger partial charge < -0.3 is 10.4 Å². The average molecular weight is 271 g/mol. The number of carboxylic acids is 1. The molecule has 2 N–H and O–H groups in total. The SMILES string of the molecule is CCCCC(NC(=O)c1c(F)cccc1F)C(=O)O. The molecule has 0 aromatic heterocycles. The van der Waals surface area contributed by atoms with Gasteiger partial charge in [0.1, 0.15) is 23.2 Å². The Kier molecular flexibility index (Phi) is 5.41. The molecule has 0 fully saturated rings. The zero-order chi connectivity index (χ0) is 14.4. The van der Waals surface area contributed by atoms with E-state index < -0.39 is 35.1 Å². The normalized spacial score (nSPS) is 11.9. The lowest BCUT2D eigenvalue weighted by atomic mass is 10.1. The number of hydrogen-bond acceptors (Lipinski definition) is 2. The first kappa shape index (κ1) is 15.1. The van der Waals surface area contributed by atoms with Crippen LogP contribution in [0, 0.1) is 11.6 Å². The first-order chi connectivity index (χ1) is 8.97. The lowest BCUT2D eigenvalue weighted by Gasteiger charge is -2.14. The molecular weight excluding hydrogens is 256 g/mol. The number of amides is 1. The minimum atomic E-state index is -1.22. The molecule has 1 rings (SSSR count). The number of benzene rings is 1. The zero-order valence-corrected chi connectivity index (χ0v) is 10.5. The summed E-state index contributed by atoms with van der Waals surface area (Å²) in [5.74, 6) is -4.31. The summed E-state index contributed by atoms with van der Waals surface area (Å²) in [7, 11) is 0. The van der Waals surface area contributed by atoms with Crippen LogP contribution in [0.25, 0.3) is 0 Å². The number of aliphatic carboxylic acids is 1. The van der Waals surface area contributed by atoms with Gasteiger partial charge in [-0.25, -0.2) is 13.6 Å². The van der Waals surface area contributed by atoms with E-state index in [4.69, 9.17) is 5.11 Å². The van der Waals surface area contributed by atoms with Gasteiger partial charge in [-0.3, -0.25) is 4.79 Å². The third-order valence-electron chi connectivity index (χ3n) is 2.64. The van der Waals surface area contributed by atoms with Crippen LogP contribution in [0.4, 0.5) is 8.78 Å². The molecule has 0 spiro atoms. The van der Waals surface area contributed by atoms with Crippen molar-refractivity contribution in [1.82, 2.24) is 5.32 Å². The van der Waals surface area contributed by atoms with E-state index in [0.717, 1.165) is 24.6 Å². The summed E-state index contributed by atoms with van der Waals surface area (Å²) in [6.07, 6.45) is 1.57. The highest BCUT2D eigenvalue weighted by Gasteiger charge is 2.23. The van der Waals surface area contributed by atoms with Crippen LogP contribution in [0.2, 0.25) is 0 Å². The lowest BCUT2D eigenvalue weighted by molar-refractivity contribution is -0.139. The van der Waals surface area contributed by atoms with Crippen molar-refractivity contribution < 1.29 is 23.5 Å². The fourth-order valence-corrected chi connectivity index (χ4v) is 1.61. The molecule has 0 heterocycles. The topological polar surface area (TPSA) is 66.4 Å². The van der Waals surface area contributed by atoms with Crippen LogP contribution in [-0.4, -0.2) is 23.0 Å². The van der Waals surface area contributed by atoms with Crippen LogP contribution in [0.3, 0.4) is 0 Å². The highest BCUT2D eigenvalue weighted by atomic mass is 19.1. The van der Waals surface area contributed by atoms with Crippen LogP contribution < -0.4 is 5.32 Å². The predicted molar refractivity (Wildman–Crippen MR) is 64.8 cm³/mol. The molecule has 6 heteroatoms. The fraction of sp³-hybridized carbons (Fsp3) is 0.385. The van der Waals surface area contributed by atoms with E-state index in [1.165, 1.54) is 0 Å². The Morgan fingerprint density at radius 3 is 2.37 bits per heavy atom. The molecule has 0 bridgehead atoms. The number of unbranched alkanes of at least 4 members (excludes halogenated alkanes) is 1. The molecule has 1 aromatic rings. The Bertz CT molecular complexity index is 457. The maximum absolute atomic E-state index is 13.4. The standard InChI is InChI=1S/C13H15F2NO3/c1-2-3-7-10(13(18)19)16-12(17)11-8(14)5-4-6-9(11)15/h4-6,10H,2-3,7H2,1H3,(H,16,17)(H,18,19). The van der Waals surface area contributed by atoms with Gasteiger partial charge >= 0.3 is 5.97 Å². The molecule has 0 aliphatic rings. The van der Waals surface area contributed by atoms with E-state index in [1.54, 1.807) is 0 Å². The quantitative estimate of drug-likeness (QED) is 0.834. The third-order valence-corrected chi connectivity index (χ3v) is 2.64.